The Hall–Kier alpha value is -1.90. The van der Waals surface area contributed by atoms with E-state index < -0.39 is 10.0 Å². The molecular formula is C18H21N3O3S2. The van der Waals surface area contributed by atoms with E-state index in [1.807, 2.05) is 18.2 Å². The van der Waals surface area contributed by atoms with E-state index in [-0.39, 0.29) is 16.6 Å². The average molecular weight is 392 g/mol. The summed E-state index contributed by atoms with van der Waals surface area (Å²) >= 11 is 1.35. The van der Waals surface area contributed by atoms with Crippen LogP contribution in [0.5, 0.6) is 0 Å². The summed E-state index contributed by atoms with van der Waals surface area (Å²) in [6, 6.07) is 11.9. The van der Waals surface area contributed by atoms with E-state index >= 15 is 0 Å². The van der Waals surface area contributed by atoms with E-state index in [0.717, 1.165) is 24.3 Å². The fraction of sp³-hybridized carbons (Fsp3) is 0.333. The van der Waals surface area contributed by atoms with Crippen LogP contribution in [0.25, 0.3) is 0 Å². The third kappa shape index (κ3) is 4.84. The quantitative estimate of drug-likeness (QED) is 0.766. The van der Waals surface area contributed by atoms with Gasteiger partial charge in [-0.25, -0.2) is 13.4 Å². The maximum Gasteiger partial charge on any atom is 0.243 e. The zero-order valence-electron chi connectivity index (χ0n) is 14.3. The highest BCUT2D eigenvalue weighted by atomic mass is 32.2. The van der Waals surface area contributed by atoms with Gasteiger partial charge in [-0.2, -0.15) is 4.31 Å². The maximum atomic E-state index is 12.6. The van der Waals surface area contributed by atoms with Crippen molar-refractivity contribution in [2.45, 2.75) is 29.2 Å². The van der Waals surface area contributed by atoms with Gasteiger partial charge in [-0.3, -0.25) is 4.79 Å². The van der Waals surface area contributed by atoms with E-state index in [1.54, 1.807) is 30.5 Å². The van der Waals surface area contributed by atoms with Crippen LogP contribution in [-0.4, -0.2) is 42.5 Å². The predicted molar refractivity (Wildman–Crippen MR) is 103 cm³/mol. The third-order valence-electron chi connectivity index (χ3n) is 4.08. The number of benzene rings is 1. The highest BCUT2D eigenvalue weighted by Gasteiger charge is 2.25. The minimum atomic E-state index is -3.45. The van der Waals surface area contributed by atoms with Crippen LogP contribution < -0.4 is 5.32 Å². The van der Waals surface area contributed by atoms with E-state index in [9.17, 15) is 13.2 Å². The molecule has 0 saturated carbocycles. The monoisotopic (exact) mass is 391 g/mol. The van der Waals surface area contributed by atoms with Crippen LogP contribution in [0.4, 0.5) is 5.69 Å². The van der Waals surface area contributed by atoms with Crippen molar-refractivity contribution < 1.29 is 13.2 Å². The second-order valence-electron chi connectivity index (χ2n) is 5.99. The predicted octanol–water partition coefficient (Wildman–Crippen LogP) is 2.99. The molecule has 2 heterocycles. The number of hydrogen-bond donors (Lipinski definition) is 1. The molecule has 1 aliphatic heterocycles. The first kappa shape index (κ1) is 18.9. The molecule has 1 aliphatic rings. The molecule has 1 fully saturated rings. The summed E-state index contributed by atoms with van der Waals surface area (Å²) in [5.41, 5.74) is 0.578. The number of sulfonamides is 1. The third-order valence-corrected chi connectivity index (χ3v) is 6.94. The van der Waals surface area contributed by atoms with E-state index in [1.165, 1.54) is 16.1 Å². The molecule has 1 N–H and O–H groups in total. The number of nitrogens with zero attached hydrogens (tertiary/aromatic N) is 2. The van der Waals surface area contributed by atoms with Crippen LogP contribution in [-0.2, 0) is 14.8 Å². The van der Waals surface area contributed by atoms with Crippen molar-refractivity contribution in [3.05, 3.63) is 48.7 Å². The Morgan fingerprint density at radius 1 is 1.08 bits per heavy atom. The first-order chi connectivity index (χ1) is 12.6. The fourth-order valence-corrected chi connectivity index (χ4v) is 4.91. The smallest absolute Gasteiger partial charge is 0.243 e. The summed E-state index contributed by atoms with van der Waals surface area (Å²) in [6.45, 7) is 1.15. The van der Waals surface area contributed by atoms with Gasteiger partial charge in [-0.05, 0) is 49.2 Å². The second-order valence-corrected chi connectivity index (χ2v) is 8.93. The molecule has 2 aromatic rings. The molecule has 0 bridgehead atoms. The Morgan fingerprint density at radius 2 is 1.81 bits per heavy atom. The molecule has 1 saturated heterocycles. The molecule has 0 radical (unpaired) electrons. The lowest BCUT2D eigenvalue weighted by molar-refractivity contribution is -0.113. The Labute approximate surface area is 158 Å². The Morgan fingerprint density at radius 3 is 2.46 bits per heavy atom. The molecule has 1 aromatic heterocycles. The van der Waals surface area contributed by atoms with Crippen molar-refractivity contribution >= 4 is 33.4 Å². The van der Waals surface area contributed by atoms with Gasteiger partial charge in [0.15, 0.2) is 0 Å². The lowest BCUT2D eigenvalue weighted by Crippen LogP contribution is -2.35. The molecule has 8 heteroatoms. The van der Waals surface area contributed by atoms with E-state index in [4.69, 9.17) is 0 Å². The summed E-state index contributed by atoms with van der Waals surface area (Å²) in [7, 11) is -3.45. The van der Waals surface area contributed by atoms with Crippen LogP contribution in [0.1, 0.15) is 19.3 Å². The molecule has 0 aliphatic carbocycles. The van der Waals surface area contributed by atoms with Gasteiger partial charge in [-0.1, -0.05) is 24.2 Å². The lowest BCUT2D eigenvalue weighted by atomic mass is 10.2. The second kappa shape index (κ2) is 8.66. The Bertz CT molecular complexity index is 834. The summed E-state index contributed by atoms with van der Waals surface area (Å²) in [4.78, 5) is 16.4. The molecule has 0 spiro atoms. The summed E-state index contributed by atoms with van der Waals surface area (Å²) < 4.78 is 26.8. The molecular weight excluding hydrogens is 370 g/mol. The van der Waals surface area contributed by atoms with Gasteiger partial charge in [-0.15, -0.1) is 0 Å². The summed E-state index contributed by atoms with van der Waals surface area (Å²) in [5, 5.41) is 3.56. The van der Waals surface area contributed by atoms with E-state index in [0.29, 0.717) is 18.8 Å². The normalized spacial score (nSPS) is 15.5. The average Bonchev–Trinajstić information content (AvgIpc) is 2.68. The topological polar surface area (TPSA) is 79.4 Å². The number of rotatable bonds is 6. The largest absolute Gasteiger partial charge is 0.325 e. The van der Waals surface area contributed by atoms with Gasteiger partial charge in [0, 0.05) is 25.0 Å². The number of pyridine rings is 1. The number of amides is 1. The Balaban J connectivity index is 1.58. The first-order valence-corrected chi connectivity index (χ1v) is 10.9. The highest BCUT2D eigenvalue weighted by molar-refractivity contribution is 7.99. The summed E-state index contributed by atoms with van der Waals surface area (Å²) in [5.74, 6) is 0.0810. The number of anilines is 1. The summed E-state index contributed by atoms with van der Waals surface area (Å²) in [6.07, 6.45) is 4.57. The van der Waals surface area contributed by atoms with Gasteiger partial charge in [0.05, 0.1) is 15.7 Å². The molecule has 0 unspecified atom stereocenters. The van der Waals surface area contributed by atoms with Crippen LogP contribution in [0.15, 0.2) is 58.6 Å². The minimum Gasteiger partial charge on any atom is -0.325 e. The van der Waals surface area contributed by atoms with Crippen molar-refractivity contribution in [3.8, 4) is 0 Å². The zero-order chi connectivity index (χ0) is 18.4. The molecule has 0 atom stereocenters. The standard InChI is InChI=1S/C18H21N3O3S2/c22-17(14-25-18-6-2-3-11-19-18)20-15-7-9-16(10-8-15)26(23,24)21-12-4-1-5-13-21/h2-3,6-11H,1,4-5,12-14H2,(H,20,22). The maximum absolute atomic E-state index is 12.6. The van der Waals surface area contributed by atoms with Crippen LogP contribution in [0.3, 0.4) is 0 Å². The van der Waals surface area contributed by atoms with Crippen molar-refractivity contribution in [3.63, 3.8) is 0 Å². The van der Waals surface area contributed by atoms with Gasteiger partial charge >= 0.3 is 0 Å². The SMILES string of the molecule is O=C(CSc1ccccn1)Nc1ccc(S(=O)(=O)N2CCCCC2)cc1. The molecule has 6 nitrogen and oxygen atoms in total. The van der Waals surface area contributed by atoms with Crippen LogP contribution >= 0.6 is 11.8 Å². The highest BCUT2D eigenvalue weighted by Crippen LogP contribution is 2.22. The van der Waals surface area contributed by atoms with Crippen LogP contribution in [0.2, 0.25) is 0 Å². The number of carbonyl (C=O) groups excluding carboxylic acids is 1. The van der Waals surface area contributed by atoms with E-state index in [2.05, 4.69) is 10.3 Å². The molecule has 3 rings (SSSR count). The zero-order valence-corrected chi connectivity index (χ0v) is 15.9. The van der Waals surface area contributed by atoms with Crippen molar-refractivity contribution in [1.82, 2.24) is 9.29 Å². The molecule has 1 aromatic carbocycles. The number of piperidine rings is 1. The molecule has 26 heavy (non-hydrogen) atoms. The number of thioether (sulfide) groups is 1. The van der Waals surface area contributed by atoms with Crippen molar-refractivity contribution in [2.24, 2.45) is 0 Å². The molecule has 1 amide bonds. The van der Waals surface area contributed by atoms with Crippen molar-refractivity contribution in [1.29, 1.82) is 0 Å². The number of nitrogens with one attached hydrogen (secondary N) is 1. The van der Waals surface area contributed by atoms with Crippen molar-refractivity contribution in [2.75, 3.05) is 24.2 Å². The van der Waals surface area contributed by atoms with Gasteiger partial charge in [0.25, 0.3) is 0 Å². The Kier molecular flexibility index (Phi) is 6.29. The minimum absolute atomic E-state index is 0.160. The fourth-order valence-electron chi connectivity index (χ4n) is 2.73. The molecule has 138 valence electrons. The van der Waals surface area contributed by atoms with Gasteiger partial charge < -0.3 is 5.32 Å². The van der Waals surface area contributed by atoms with Crippen LogP contribution in [0, 0.1) is 0 Å². The lowest BCUT2D eigenvalue weighted by Gasteiger charge is -2.25. The number of hydrogen-bond acceptors (Lipinski definition) is 5. The van der Waals surface area contributed by atoms with Gasteiger partial charge in [0.1, 0.15) is 0 Å². The number of carbonyl (C=O) groups is 1. The number of aromatic nitrogens is 1. The first-order valence-electron chi connectivity index (χ1n) is 8.49. The van der Waals surface area contributed by atoms with Gasteiger partial charge in [0.2, 0.25) is 15.9 Å².